The fourth-order valence-corrected chi connectivity index (χ4v) is 2.02. The molecule has 90 valence electrons. The van der Waals surface area contributed by atoms with Gasteiger partial charge in [-0.2, -0.15) is 0 Å². The van der Waals surface area contributed by atoms with E-state index in [1.807, 2.05) is 6.07 Å². The highest BCUT2D eigenvalue weighted by Crippen LogP contribution is 2.34. The second-order valence-electron chi connectivity index (χ2n) is 5.03. The van der Waals surface area contributed by atoms with Crippen LogP contribution in [0.15, 0.2) is 18.2 Å². The molecule has 17 heavy (non-hydrogen) atoms. The van der Waals surface area contributed by atoms with Crippen LogP contribution in [0.4, 0.5) is 0 Å². The zero-order chi connectivity index (χ0) is 12.5. The molecule has 0 saturated carbocycles. The van der Waals surface area contributed by atoms with Crippen molar-refractivity contribution < 1.29 is 14.6 Å². The van der Waals surface area contributed by atoms with E-state index in [0.717, 1.165) is 11.3 Å². The number of ether oxygens (including phenoxy) is 2. The third-order valence-corrected chi connectivity index (χ3v) is 3.19. The van der Waals surface area contributed by atoms with Gasteiger partial charge in [0.05, 0.1) is 0 Å². The van der Waals surface area contributed by atoms with Crippen LogP contribution in [0.2, 0.25) is 19.6 Å². The SMILES string of the molecule is C[Si](C)(C)C#CC(O)c1ccc2c(c1)OCO2. The molecule has 0 aliphatic carbocycles. The van der Waals surface area contributed by atoms with Gasteiger partial charge in [0, 0.05) is 0 Å². The molecule has 1 unspecified atom stereocenters. The van der Waals surface area contributed by atoms with Crippen LogP contribution >= 0.6 is 0 Å². The first-order chi connectivity index (χ1) is 7.96. The molecule has 1 aliphatic rings. The van der Waals surface area contributed by atoms with Gasteiger partial charge >= 0.3 is 0 Å². The molecule has 0 fully saturated rings. The molecular weight excluding hydrogens is 232 g/mol. The summed E-state index contributed by atoms with van der Waals surface area (Å²) in [5, 5.41) is 9.97. The third-order valence-electron chi connectivity index (χ3n) is 2.30. The van der Waals surface area contributed by atoms with Gasteiger partial charge in [-0.3, -0.25) is 0 Å². The Morgan fingerprint density at radius 2 is 1.94 bits per heavy atom. The van der Waals surface area contributed by atoms with E-state index >= 15 is 0 Å². The lowest BCUT2D eigenvalue weighted by Crippen LogP contribution is -2.16. The van der Waals surface area contributed by atoms with E-state index in [-0.39, 0.29) is 6.79 Å². The minimum atomic E-state index is -1.45. The molecule has 1 aromatic carbocycles. The number of hydrogen-bond donors (Lipinski definition) is 1. The van der Waals surface area contributed by atoms with Crippen molar-refractivity contribution in [3.63, 3.8) is 0 Å². The Kier molecular flexibility index (Phi) is 3.14. The Hall–Kier alpha value is -1.44. The average molecular weight is 248 g/mol. The molecule has 2 rings (SSSR count). The molecule has 0 amide bonds. The molecule has 1 N–H and O–H groups in total. The number of aliphatic hydroxyl groups is 1. The lowest BCUT2D eigenvalue weighted by Gasteiger charge is -2.07. The predicted octanol–water partition coefficient (Wildman–Crippen LogP) is 2.33. The summed E-state index contributed by atoms with van der Waals surface area (Å²) in [6.07, 6.45) is -0.753. The summed E-state index contributed by atoms with van der Waals surface area (Å²) in [5.74, 6) is 4.30. The van der Waals surface area contributed by atoms with Gasteiger partial charge in [-0.15, -0.1) is 5.54 Å². The lowest BCUT2D eigenvalue weighted by atomic mass is 10.1. The molecule has 0 bridgehead atoms. The van der Waals surface area contributed by atoms with E-state index in [9.17, 15) is 5.11 Å². The minimum absolute atomic E-state index is 0.246. The van der Waals surface area contributed by atoms with E-state index < -0.39 is 14.2 Å². The highest BCUT2D eigenvalue weighted by molar-refractivity contribution is 6.83. The normalized spacial score (nSPS) is 15.1. The molecule has 1 atom stereocenters. The van der Waals surface area contributed by atoms with Crippen molar-refractivity contribution in [1.82, 2.24) is 0 Å². The largest absolute Gasteiger partial charge is 0.454 e. The molecule has 3 nitrogen and oxygen atoms in total. The van der Waals surface area contributed by atoms with E-state index in [1.54, 1.807) is 12.1 Å². The quantitative estimate of drug-likeness (QED) is 0.612. The summed E-state index contributed by atoms with van der Waals surface area (Å²) >= 11 is 0. The van der Waals surface area contributed by atoms with E-state index in [1.165, 1.54) is 0 Å². The molecule has 0 aromatic heterocycles. The summed E-state index contributed by atoms with van der Waals surface area (Å²) in [5.41, 5.74) is 3.90. The highest BCUT2D eigenvalue weighted by Gasteiger charge is 2.16. The Morgan fingerprint density at radius 1 is 1.24 bits per heavy atom. The van der Waals surface area contributed by atoms with E-state index in [4.69, 9.17) is 9.47 Å². The van der Waals surface area contributed by atoms with Gasteiger partial charge in [0.25, 0.3) is 0 Å². The second-order valence-corrected chi connectivity index (χ2v) is 9.78. The summed E-state index contributed by atoms with van der Waals surface area (Å²) in [6, 6.07) is 5.40. The summed E-state index contributed by atoms with van der Waals surface area (Å²) in [6.45, 7) is 6.68. The van der Waals surface area contributed by atoms with Crippen LogP contribution < -0.4 is 9.47 Å². The van der Waals surface area contributed by atoms with Crippen LogP contribution in [-0.4, -0.2) is 20.0 Å². The van der Waals surface area contributed by atoms with Crippen LogP contribution in [0.5, 0.6) is 11.5 Å². The molecule has 0 radical (unpaired) electrons. The van der Waals surface area contributed by atoms with Crippen molar-refractivity contribution in [3.05, 3.63) is 23.8 Å². The van der Waals surface area contributed by atoms with Crippen molar-refractivity contribution >= 4 is 8.07 Å². The Labute approximate surface area is 102 Å². The van der Waals surface area contributed by atoms with Crippen LogP contribution in [0.3, 0.4) is 0 Å². The van der Waals surface area contributed by atoms with Gasteiger partial charge in [0.1, 0.15) is 14.2 Å². The fraction of sp³-hybridized carbons (Fsp3) is 0.385. The molecule has 1 aliphatic heterocycles. The average Bonchev–Trinajstić information content (AvgIpc) is 2.71. The van der Waals surface area contributed by atoms with Crippen LogP contribution in [0.25, 0.3) is 0 Å². The third kappa shape index (κ3) is 3.02. The molecule has 0 saturated heterocycles. The first kappa shape index (κ1) is 12.0. The topological polar surface area (TPSA) is 38.7 Å². The summed E-state index contributed by atoms with van der Waals surface area (Å²) in [4.78, 5) is 0. The lowest BCUT2D eigenvalue weighted by molar-refractivity contribution is 0.173. The molecular formula is C13H16O3Si. The number of benzene rings is 1. The van der Waals surface area contributed by atoms with Gasteiger partial charge in [0.15, 0.2) is 11.5 Å². The highest BCUT2D eigenvalue weighted by atomic mass is 28.3. The monoisotopic (exact) mass is 248 g/mol. The maximum absolute atomic E-state index is 9.97. The number of hydrogen-bond acceptors (Lipinski definition) is 3. The summed E-state index contributed by atoms with van der Waals surface area (Å²) < 4.78 is 10.5. The van der Waals surface area contributed by atoms with Crippen LogP contribution in [0.1, 0.15) is 11.7 Å². The Morgan fingerprint density at radius 3 is 2.65 bits per heavy atom. The fourth-order valence-electron chi connectivity index (χ4n) is 1.45. The molecule has 1 heterocycles. The molecule has 4 heteroatoms. The van der Waals surface area contributed by atoms with E-state index in [0.29, 0.717) is 5.75 Å². The number of aliphatic hydroxyl groups excluding tert-OH is 1. The number of fused-ring (bicyclic) bond motifs is 1. The molecule has 1 aromatic rings. The predicted molar refractivity (Wildman–Crippen MR) is 68.6 cm³/mol. The zero-order valence-corrected chi connectivity index (χ0v) is 11.3. The van der Waals surface area contributed by atoms with Crippen molar-refractivity contribution in [3.8, 4) is 23.0 Å². The zero-order valence-electron chi connectivity index (χ0n) is 10.3. The van der Waals surface area contributed by atoms with Gasteiger partial charge in [-0.05, 0) is 17.7 Å². The molecule has 0 spiro atoms. The minimum Gasteiger partial charge on any atom is -0.454 e. The van der Waals surface area contributed by atoms with Gasteiger partial charge < -0.3 is 14.6 Å². The van der Waals surface area contributed by atoms with E-state index in [2.05, 4.69) is 31.1 Å². The Balaban J connectivity index is 2.19. The maximum atomic E-state index is 9.97. The summed E-state index contributed by atoms with van der Waals surface area (Å²) in [7, 11) is -1.45. The van der Waals surface area contributed by atoms with Crippen LogP contribution in [0, 0.1) is 11.5 Å². The first-order valence-corrected chi connectivity index (χ1v) is 9.06. The maximum Gasteiger partial charge on any atom is 0.231 e. The van der Waals surface area contributed by atoms with Crippen molar-refractivity contribution in [2.75, 3.05) is 6.79 Å². The smallest absolute Gasteiger partial charge is 0.231 e. The number of rotatable bonds is 1. The van der Waals surface area contributed by atoms with Crippen LogP contribution in [-0.2, 0) is 0 Å². The van der Waals surface area contributed by atoms with Gasteiger partial charge in [-0.1, -0.05) is 31.6 Å². The second kappa shape index (κ2) is 4.44. The van der Waals surface area contributed by atoms with Crippen molar-refractivity contribution in [2.45, 2.75) is 25.7 Å². The standard InChI is InChI=1S/C13H16O3Si/c1-17(2,3)7-6-11(14)10-4-5-12-13(8-10)16-9-15-12/h4-5,8,11,14H,9H2,1-3H3. The van der Waals surface area contributed by atoms with Gasteiger partial charge in [-0.25, -0.2) is 0 Å². The first-order valence-electron chi connectivity index (χ1n) is 5.56. The van der Waals surface area contributed by atoms with Crippen molar-refractivity contribution in [1.29, 1.82) is 0 Å². The van der Waals surface area contributed by atoms with Crippen molar-refractivity contribution in [2.24, 2.45) is 0 Å². The van der Waals surface area contributed by atoms with Gasteiger partial charge in [0.2, 0.25) is 6.79 Å². The Bertz CT molecular complexity index is 480.